The molecule has 0 radical (unpaired) electrons. The molecule has 3 aromatic carbocycles. The van der Waals surface area contributed by atoms with Gasteiger partial charge in [-0.3, -0.25) is 14.5 Å². The summed E-state index contributed by atoms with van der Waals surface area (Å²) in [5.41, 5.74) is 4.66. The number of piperazine rings is 1. The molecule has 1 unspecified atom stereocenters. The van der Waals surface area contributed by atoms with Gasteiger partial charge in [-0.2, -0.15) is 0 Å². The molecule has 0 bridgehead atoms. The summed E-state index contributed by atoms with van der Waals surface area (Å²) in [6.45, 7) is 6.05. The van der Waals surface area contributed by atoms with Gasteiger partial charge in [0, 0.05) is 51.5 Å². The van der Waals surface area contributed by atoms with Crippen molar-refractivity contribution in [1.82, 2.24) is 15.1 Å². The van der Waals surface area contributed by atoms with Crippen LogP contribution < -0.4 is 10.2 Å². The number of benzene rings is 3. The summed E-state index contributed by atoms with van der Waals surface area (Å²) in [5, 5.41) is 3.14. The molecule has 1 N–H and O–H groups in total. The third-order valence-corrected chi connectivity index (χ3v) is 7.53. The van der Waals surface area contributed by atoms with Crippen LogP contribution in [-0.4, -0.2) is 60.4 Å². The van der Waals surface area contributed by atoms with Crippen LogP contribution in [0.2, 0.25) is 0 Å². The summed E-state index contributed by atoms with van der Waals surface area (Å²) in [6, 6.07) is 28.3. The number of likely N-dealkylation sites (tertiary alicyclic amines) is 1. The lowest BCUT2D eigenvalue weighted by Gasteiger charge is -2.36. The average molecular weight is 497 g/mol. The topological polar surface area (TPSA) is 55.9 Å². The highest BCUT2D eigenvalue weighted by molar-refractivity contribution is 5.89. The summed E-state index contributed by atoms with van der Waals surface area (Å²) in [6.07, 6.45) is 1.93. The number of hydrogen-bond acceptors (Lipinski definition) is 4. The molecule has 2 heterocycles. The SMILES string of the molecule is O=C(NCc1ccccc1CN1CCN(c2ccccc2)CC1)C1CCCN1C(=O)Cc1ccccc1. The molecule has 6 nitrogen and oxygen atoms in total. The number of carbonyl (C=O) groups is 2. The Hall–Kier alpha value is -3.64. The van der Waals surface area contributed by atoms with E-state index in [4.69, 9.17) is 0 Å². The van der Waals surface area contributed by atoms with Crippen molar-refractivity contribution in [3.05, 3.63) is 102 Å². The van der Waals surface area contributed by atoms with Crippen molar-refractivity contribution in [3.8, 4) is 0 Å². The molecule has 0 saturated carbocycles. The second-order valence-electron chi connectivity index (χ2n) is 9.99. The minimum atomic E-state index is -0.380. The first-order valence-corrected chi connectivity index (χ1v) is 13.4. The molecule has 2 fully saturated rings. The third kappa shape index (κ3) is 6.38. The molecular formula is C31H36N4O2. The molecular weight excluding hydrogens is 460 g/mol. The standard InChI is InChI=1S/C31H36N4O2/c36-30(22-25-10-3-1-4-11-25)35-17-9-16-29(35)31(37)32-23-26-12-7-8-13-27(26)24-33-18-20-34(21-19-33)28-14-5-2-6-15-28/h1-8,10-15,29H,9,16-24H2,(H,32,37). The fraction of sp³-hybridized carbons (Fsp3) is 0.355. The zero-order chi connectivity index (χ0) is 25.5. The number of nitrogens with zero attached hydrogens (tertiary/aromatic N) is 3. The van der Waals surface area contributed by atoms with Crippen LogP contribution in [0.3, 0.4) is 0 Å². The van der Waals surface area contributed by atoms with Crippen LogP contribution in [0.1, 0.15) is 29.5 Å². The normalized spacial score (nSPS) is 18.1. The van der Waals surface area contributed by atoms with Gasteiger partial charge in [-0.1, -0.05) is 72.8 Å². The quantitative estimate of drug-likeness (QED) is 0.515. The monoisotopic (exact) mass is 496 g/mol. The molecule has 0 spiro atoms. The van der Waals surface area contributed by atoms with Crippen molar-refractivity contribution in [1.29, 1.82) is 0 Å². The van der Waals surface area contributed by atoms with Crippen LogP contribution in [-0.2, 0) is 29.1 Å². The minimum Gasteiger partial charge on any atom is -0.369 e. The van der Waals surface area contributed by atoms with E-state index in [1.807, 2.05) is 36.4 Å². The largest absolute Gasteiger partial charge is 0.369 e. The highest BCUT2D eigenvalue weighted by atomic mass is 16.2. The number of para-hydroxylation sites is 1. The van der Waals surface area contributed by atoms with Crippen molar-refractivity contribution in [2.75, 3.05) is 37.6 Å². The van der Waals surface area contributed by atoms with Gasteiger partial charge in [-0.15, -0.1) is 0 Å². The zero-order valence-corrected chi connectivity index (χ0v) is 21.4. The molecule has 2 saturated heterocycles. The summed E-state index contributed by atoms with van der Waals surface area (Å²) in [7, 11) is 0. The summed E-state index contributed by atoms with van der Waals surface area (Å²) >= 11 is 0. The van der Waals surface area contributed by atoms with Gasteiger partial charge in [0.15, 0.2) is 0 Å². The minimum absolute atomic E-state index is 0.0268. The highest BCUT2D eigenvalue weighted by Crippen LogP contribution is 2.21. The molecule has 0 aliphatic carbocycles. The van der Waals surface area contributed by atoms with Crippen molar-refractivity contribution in [3.63, 3.8) is 0 Å². The van der Waals surface area contributed by atoms with Crippen LogP contribution in [0.25, 0.3) is 0 Å². The maximum Gasteiger partial charge on any atom is 0.243 e. The van der Waals surface area contributed by atoms with E-state index in [9.17, 15) is 9.59 Å². The van der Waals surface area contributed by atoms with E-state index < -0.39 is 0 Å². The van der Waals surface area contributed by atoms with Crippen LogP contribution >= 0.6 is 0 Å². The third-order valence-electron chi connectivity index (χ3n) is 7.53. The van der Waals surface area contributed by atoms with Crippen LogP contribution in [0.5, 0.6) is 0 Å². The van der Waals surface area contributed by atoms with E-state index in [1.54, 1.807) is 4.90 Å². The Morgan fingerprint density at radius 2 is 1.41 bits per heavy atom. The fourth-order valence-electron chi connectivity index (χ4n) is 5.44. The van der Waals surface area contributed by atoms with E-state index >= 15 is 0 Å². The van der Waals surface area contributed by atoms with Gasteiger partial charge >= 0.3 is 0 Å². The van der Waals surface area contributed by atoms with Gasteiger partial charge in [0.2, 0.25) is 11.8 Å². The molecule has 2 aliphatic rings. The van der Waals surface area contributed by atoms with E-state index in [2.05, 4.69) is 63.6 Å². The van der Waals surface area contributed by atoms with Gasteiger partial charge in [-0.05, 0) is 41.7 Å². The average Bonchev–Trinajstić information content (AvgIpc) is 3.44. The molecule has 2 aliphatic heterocycles. The lowest BCUT2D eigenvalue weighted by molar-refractivity contribution is -0.138. The van der Waals surface area contributed by atoms with E-state index in [-0.39, 0.29) is 17.9 Å². The molecule has 1 atom stereocenters. The number of rotatable bonds is 8. The van der Waals surface area contributed by atoms with Crippen LogP contribution in [0.4, 0.5) is 5.69 Å². The van der Waals surface area contributed by atoms with Crippen molar-refractivity contribution < 1.29 is 9.59 Å². The first kappa shape index (κ1) is 25.0. The molecule has 6 heteroatoms. The first-order valence-electron chi connectivity index (χ1n) is 13.4. The van der Waals surface area contributed by atoms with Crippen LogP contribution in [0, 0.1) is 0 Å². The highest BCUT2D eigenvalue weighted by Gasteiger charge is 2.33. The summed E-state index contributed by atoms with van der Waals surface area (Å²) in [4.78, 5) is 32.8. The number of nitrogens with one attached hydrogen (secondary N) is 1. The molecule has 5 rings (SSSR count). The smallest absolute Gasteiger partial charge is 0.243 e. The van der Waals surface area contributed by atoms with E-state index in [0.29, 0.717) is 19.5 Å². The molecule has 3 aromatic rings. The zero-order valence-electron chi connectivity index (χ0n) is 21.4. The van der Waals surface area contributed by atoms with E-state index in [0.717, 1.165) is 56.7 Å². The molecule has 37 heavy (non-hydrogen) atoms. The van der Waals surface area contributed by atoms with Gasteiger partial charge in [0.05, 0.1) is 6.42 Å². The predicted molar refractivity (Wildman–Crippen MR) is 147 cm³/mol. The lowest BCUT2D eigenvalue weighted by atomic mass is 10.1. The predicted octanol–water partition coefficient (Wildman–Crippen LogP) is 3.86. The second kappa shape index (κ2) is 12.1. The van der Waals surface area contributed by atoms with E-state index in [1.165, 1.54) is 11.3 Å². The molecule has 2 amide bonds. The number of amides is 2. The molecule has 192 valence electrons. The van der Waals surface area contributed by atoms with Gasteiger partial charge < -0.3 is 15.1 Å². The molecule has 0 aromatic heterocycles. The van der Waals surface area contributed by atoms with Crippen molar-refractivity contribution in [2.45, 2.75) is 38.4 Å². The second-order valence-corrected chi connectivity index (χ2v) is 9.99. The Bertz CT molecular complexity index is 1180. The maximum atomic E-state index is 13.1. The van der Waals surface area contributed by atoms with Gasteiger partial charge in [-0.25, -0.2) is 0 Å². The Balaban J connectivity index is 1.14. The summed E-state index contributed by atoms with van der Waals surface area (Å²) in [5.74, 6) is -0.0240. The van der Waals surface area contributed by atoms with Crippen LogP contribution in [0.15, 0.2) is 84.9 Å². The Morgan fingerprint density at radius 3 is 2.14 bits per heavy atom. The van der Waals surface area contributed by atoms with Gasteiger partial charge in [0.1, 0.15) is 6.04 Å². The van der Waals surface area contributed by atoms with Crippen molar-refractivity contribution >= 4 is 17.5 Å². The van der Waals surface area contributed by atoms with Gasteiger partial charge in [0.25, 0.3) is 0 Å². The number of hydrogen-bond donors (Lipinski definition) is 1. The fourth-order valence-corrected chi connectivity index (χ4v) is 5.44. The Labute approximate surface area is 219 Å². The Kier molecular flexibility index (Phi) is 8.16. The first-order chi connectivity index (χ1) is 18.2. The van der Waals surface area contributed by atoms with Crippen molar-refractivity contribution in [2.24, 2.45) is 0 Å². The lowest BCUT2D eigenvalue weighted by Crippen LogP contribution is -2.46. The number of carbonyl (C=O) groups excluding carboxylic acids is 2. The number of anilines is 1. The maximum absolute atomic E-state index is 13.1. The summed E-state index contributed by atoms with van der Waals surface area (Å²) < 4.78 is 0. The Morgan fingerprint density at radius 1 is 0.757 bits per heavy atom.